The molecule has 0 amide bonds. The van der Waals surface area contributed by atoms with Gasteiger partial charge in [-0.05, 0) is 25.7 Å². The van der Waals surface area contributed by atoms with E-state index in [-0.39, 0.29) is 0 Å². The second-order valence-electron chi connectivity index (χ2n) is 16.4. The van der Waals surface area contributed by atoms with E-state index in [0.29, 0.717) is 12.2 Å². The summed E-state index contributed by atoms with van der Waals surface area (Å²) in [7, 11) is 0. The zero-order valence-corrected chi connectivity index (χ0v) is 36.9. The van der Waals surface area contributed by atoms with Crippen LogP contribution in [0.15, 0.2) is 0 Å². The fraction of sp³-hybridized carbons (Fsp3) is 1.00. The molecule has 0 heterocycles. The predicted molar refractivity (Wildman–Crippen MR) is 235 cm³/mol. The maximum atomic E-state index is 6.62. The van der Waals surface area contributed by atoms with Crippen LogP contribution in [0.3, 0.4) is 0 Å². The highest BCUT2D eigenvalue weighted by atomic mass is 32.2. The molecule has 0 N–H and O–H groups in total. The molecule has 0 aromatic carbocycles. The summed E-state index contributed by atoms with van der Waals surface area (Å²) in [6.45, 7) is 11.2. The minimum Gasteiger partial charge on any atom is -0.377 e. The molecule has 308 valence electrons. The molecule has 0 spiro atoms. The van der Waals surface area contributed by atoms with E-state index >= 15 is 0 Å². The first-order chi connectivity index (χ1) is 25.3. The molecule has 0 aliphatic heterocycles. The van der Waals surface area contributed by atoms with E-state index in [1.54, 1.807) is 0 Å². The molecule has 2 unspecified atom stereocenters. The lowest BCUT2D eigenvalue weighted by molar-refractivity contribution is 0.0553. The van der Waals surface area contributed by atoms with E-state index in [1.165, 1.54) is 244 Å². The van der Waals surface area contributed by atoms with Gasteiger partial charge >= 0.3 is 0 Å². The normalized spacial score (nSPS) is 12.9. The van der Waals surface area contributed by atoms with Crippen molar-refractivity contribution in [2.75, 3.05) is 24.7 Å². The number of ether oxygens (including phenoxy) is 2. The Balaban J connectivity index is 4.58. The summed E-state index contributed by atoms with van der Waals surface area (Å²) >= 11 is 2.14. The first kappa shape index (κ1) is 51.3. The summed E-state index contributed by atoms with van der Waals surface area (Å²) in [5.41, 5.74) is 0. The third kappa shape index (κ3) is 42.9. The molecule has 2 nitrogen and oxygen atoms in total. The molecule has 3 heteroatoms. The largest absolute Gasteiger partial charge is 0.377 e. The lowest BCUT2D eigenvalue weighted by Gasteiger charge is -2.21. The Bertz CT molecular complexity index is 548. The third-order valence-corrected chi connectivity index (χ3v) is 12.3. The second-order valence-corrected chi connectivity index (χ2v) is 17.5. The van der Waals surface area contributed by atoms with Gasteiger partial charge in [-0.2, -0.15) is 11.8 Å². The number of rotatable bonds is 46. The first-order valence-corrected chi connectivity index (χ1v) is 25.2. The fourth-order valence-electron chi connectivity index (χ4n) is 7.45. The molecule has 0 saturated carbocycles. The van der Waals surface area contributed by atoms with Gasteiger partial charge in [-0.25, -0.2) is 0 Å². The van der Waals surface area contributed by atoms with Gasteiger partial charge in [0.15, 0.2) is 0 Å². The molecule has 2 atom stereocenters. The maximum absolute atomic E-state index is 6.62. The summed E-state index contributed by atoms with van der Waals surface area (Å²) in [5.74, 6) is 2.31. The highest BCUT2D eigenvalue weighted by molar-refractivity contribution is 7.99. The van der Waals surface area contributed by atoms with Crippen molar-refractivity contribution in [1.29, 1.82) is 0 Å². The van der Waals surface area contributed by atoms with E-state index in [9.17, 15) is 0 Å². The Morgan fingerprint density at radius 1 is 0.275 bits per heavy atom. The minimum atomic E-state index is 0.430. The molecular formula is C48H98O2S. The van der Waals surface area contributed by atoms with Crippen LogP contribution >= 0.6 is 11.8 Å². The molecule has 0 aliphatic rings. The van der Waals surface area contributed by atoms with E-state index < -0.39 is 0 Å². The topological polar surface area (TPSA) is 18.5 Å². The van der Waals surface area contributed by atoms with Gasteiger partial charge in [0, 0.05) is 24.7 Å². The van der Waals surface area contributed by atoms with Crippen LogP contribution in [0.2, 0.25) is 0 Å². The summed E-state index contributed by atoms with van der Waals surface area (Å²) in [4.78, 5) is 0. The zero-order valence-electron chi connectivity index (χ0n) is 36.1. The van der Waals surface area contributed by atoms with Crippen molar-refractivity contribution in [3.63, 3.8) is 0 Å². The van der Waals surface area contributed by atoms with Crippen LogP contribution in [-0.4, -0.2) is 36.9 Å². The van der Waals surface area contributed by atoms with Gasteiger partial charge in [0.25, 0.3) is 0 Å². The van der Waals surface area contributed by atoms with E-state index in [0.717, 1.165) is 24.7 Å². The number of unbranched alkanes of at least 4 members (excludes halogenated alkanes) is 32. The number of hydrogen-bond donors (Lipinski definition) is 0. The molecule has 0 saturated heterocycles. The van der Waals surface area contributed by atoms with E-state index in [2.05, 4.69) is 39.5 Å². The van der Waals surface area contributed by atoms with Crippen molar-refractivity contribution < 1.29 is 9.47 Å². The molecule has 0 rings (SSSR count). The Kier molecular flexibility index (Phi) is 46.7. The fourth-order valence-corrected chi connectivity index (χ4v) is 8.64. The van der Waals surface area contributed by atoms with Crippen LogP contribution in [0, 0.1) is 0 Å². The van der Waals surface area contributed by atoms with Gasteiger partial charge in [0.1, 0.15) is 0 Å². The van der Waals surface area contributed by atoms with Crippen LogP contribution < -0.4 is 0 Å². The average Bonchev–Trinajstić information content (AvgIpc) is 3.14. The SMILES string of the molecule is CCCCCCCCCCCCOC(CCCCCCCCCC)CSCC(CCCCCCCCCC)OCCCCCCCCCCCC. The molecule has 51 heavy (non-hydrogen) atoms. The highest BCUT2D eigenvalue weighted by Gasteiger charge is 2.14. The van der Waals surface area contributed by atoms with Crippen molar-refractivity contribution in [2.24, 2.45) is 0 Å². The van der Waals surface area contributed by atoms with Gasteiger partial charge in [0.2, 0.25) is 0 Å². The van der Waals surface area contributed by atoms with Gasteiger partial charge in [-0.1, -0.05) is 246 Å². The molecule has 0 radical (unpaired) electrons. The van der Waals surface area contributed by atoms with E-state index in [1.807, 2.05) is 0 Å². The molecule has 0 aromatic heterocycles. The van der Waals surface area contributed by atoms with Gasteiger partial charge in [-0.15, -0.1) is 0 Å². The Morgan fingerprint density at radius 3 is 0.745 bits per heavy atom. The van der Waals surface area contributed by atoms with Crippen LogP contribution in [0.25, 0.3) is 0 Å². The van der Waals surface area contributed by atoms with Gasteiger partial charge < -0.3 is 9.47 Å². The summed E-state index contributed by atoms with van der Waals surface area (Å²) in [6.07, 6.45) is 53.6. The number of hydrogen-bond acceptors (Lipinski definition) is 3. The average molecular weight is 739 g/mol. The van der Waals surface area contributed by atoms with E-state index in [4.69, 9.17) is 9.47 Å². The summed E-state index contributed by atoms with van der Waals surface area (Å²) in [5, 5.41) is 0. The van der Waals surface area contributed by atoms with Crippen molar-refractivity contribution in [3.8, 4) is 0 Å². The van der Waals surface area contributed by atoms with Gasteiger partial charge in [0.05, 0.1) is 12.2 Å². The lowest BCUT2D eigenvalue weighted by Crippen LogP contribution is -2.21. The Hall–Kier alpha value is 0.270. The molecule has 0 aliphatic carbocycles. The molecule has 0 aromatic rings. The minimum absolute atomic E-state index is 0.430. The molecule has 0 bridgehead atoms. The van der Waals surface area contributed by atoms with Crippen molar-refractivity contribution in [3.05, 3.63) is 0 Å². The highest BCUT2D eigenvalue weighted by Crippen LogP contribution is 2.21. The van der Waals surface area contributed by atoms with Crippen molar-refractivity contribution >= 4 is 11.8 Å². The Labute approximate surface area is 328 Å². The predicted octanol–water partition coefficient (Wildman–Crippen LogP) is 17.4. The zero-order chi connectivity index (χ0) is 37.0. The van der Waals surface area contributed by atoms with Crippen LogP contribution in [0.5, 0.6) is 0 Å². The Morgan fingerprint density at radius 2 is 0.490 bits per heavy atom. The van der Waals surface area contributed by atoms with Gasteiger partial charge in [-0.3, -0.25) is 0 Å². The van der Waals surface area contributed by atoms with Crippen LogP contribution in [0.4, 0.5) is 0 Å². The smallest absolute Gasteiger partial charge is 0.0665 e. The molecule has 0 fully saturated rings. The first-order valence-electron chi connectivity index (χ1n) is 24.1. The third-order valence-electron chi connectivity index (χ3n) is 11.1. The van der Waals surface area contributed by atoms with Crippen molar-refractivity contribution in [1.82, 2.24) is 0 Å². The second kappa shape index (κ2) is 46.4. The van der Waals surface area contributed by atoms with Crippen LogP contribution in [-0.2, 0) is 9.47 Å². The molecular weight excluding hydrogens is 641 g/mol. The maximum Gasteiger partial charge on any atom is 0.0665 e. The summed E-state index contributed by atoms with van der Waals surface area (Å²) in [6, 6.07) is 0. The lowest BCUT2D eigenvalue weighted by atomic mass is 10.1. The standard InChI is InChI=1S/C48H98O2S/c1-5-9-13-17-21-25-27-31-35-39-43-49-47(41-37-33-29-23-19-15-11-7-3)45-51-46-48(42-38-34-30-24-20-16-12-8-4)50-44-40-36-32-28-26-22-18-14-10-6-2/h47-48H,5-46H2,1-4H3. The monoisotopic (exact) mass is 739 g/mol. The summed E-state index contributed by atoms with van der Waals surface area (Å²) < 4.78 is 13.2. The van der Waals surface area contributed by atoms with Crippen LogP contribution in [0.1, 0.15) is 272 Å². The van der Waals surface area contributed by atoms with Crippen molar-refractivity contribution in [2.45, 2.75) is 284 Å². The number of thioether (sulfide) groups is 1. The quantitative estimate of drug-likeness (QED) is 0.0579.